The Labute approximate surface area is 154 Å². The molecule has 2 aromatic heterocycles. The molecular formula is C21H19FN2OS. The number of nitrogens with one attached hydrogen (secondary N) is 1. The molecule has 1 N–H and O–H groups in total. The zero-order valence-electron chi connectivity index (χ0n) is 14.5. The van der Waals surface area contributed by atoms with Crippen molar-refractivity contribution < 1.29 is 4.39 Å². The number of halogens is 1. The van der Waals surface area contributed by atoms with Crippen LogP contribution in [0.4, 0.5) is 10.2 Å². The van der Waals surface area contributed by atoms with Gasteiger partial charge >= 0.3 is 0 Å². The fraction of sp³-hybridized carbons (Fsp3) is 0.238. The molecule has 0 saturated heterocycles. The topological polar surface area (TPSA) is 42.0 Å². The smallest absolute Gasteiger partial charge is 0.196 e. The second-order valence-corrected chi connectivity index (χ2v) is 7.44. The number of benzene rings is 2. The number of para-hydroxylation sites is 1. The lowest BCUT2D eigenvalue weighted by molar-refractivity contribution is 0.630. The van der Waals surface area contributed by atoms with Crippen LogP contribution in [0, 0.1) is 5.82 Å². The van der Waals surface area contributed by atoms with Gasteiger partial charge in [0.05, 0.1) is 15.6 Å². The van der Waals surface area contributed by atoms with Gasteiger partial charge in [-0.3, -0.25) is 4.79 Å². The van der Waals surface area contributed by atoms with Crippen LogP contribution in [0.5, 0.6) is 0 Å². The Morgan fingerprint density at radius 2 is 1.96 bits per heavy atom. The molecule has 0 amide bonds. The molecule has 0 aliphatic heterocycles. The first kappa shape index (κ1) is 16.9. The summed E-state index contributed by atoms with van der Waals surface area (Å²) in [4.78, 5) is 17.9. The second-order valence-electron chi connectivity index (χ2n) is 6.39. The van der Waals surface area contributed by atoms with Crippen LogP contribution in [-0.4, -0.2) is 11.5 Å². The fourth-order valence-electron chi connectivity index (χ4n) is 3.23. The minimum absolute atomic E-state index is 0.136. The van der Waals surface area contributed by atoms with Gasteiger partial charge in [-0.25, -0.2) is 9.37 Å². The third-order valence-corrected chi connectivity index (χ3v) is 5.72. The van der Waals surface area contributed by atoms with Crippen LogP contribution in [0.1, 0.15) is 26.2 Å². The summed E-state index contributed by atoms with van der Waals surface area (Å²) in [6.45, 7) is 2.98. The number of nitrogens with zero attached hydrogens (tertiary/aromatic N) is 1. The van der Waals surface area contributed by atoms with E-state index in [2.05, 4.69) is 12.2 Å². The van der Waals surface area contributed by atoms with Crippen LogP contribution in [0.25, 0.3) is 31.1 Å². The van der Waals surface area contributed by atoms with Gasteiger partial charge in [0, 0.05) is 22.0 Å². The summed E-state index contributed by atoms with van der Waals surface area (Å²) in [6.07, 6.45) is 3.36. The highest BCUT2D eigenvalue weighted by molar-refractivity contribution is 7.25. The van der Waals surface area contributed by atoms with E-state index in [-0.39, 0.29) is 5.43 Å². The molecule has 0 saturated carbocycles. The first-order chi connectivity index (χ1) is 12.7. The van der Waals surface area contributed by atoms with E-state index in [1.807, 2.05) is 24.3 Å². The lowest BCUT2D eigenvalue weighted by Crippen LogP contribution is -2.08. The molecule has 132 valence electrons. The van der Waals surface area contributed by atoms with Crippen molar-refractivity contribution in [3.8, 4) is 0 Å². The highest BCUT2D eigenvalue weighted by Gasteiger charge is 2.15. The van der Waals surface area contributed by atoms with Gasteiger partial charge in [0.15, 0.2) is 5.43 Å². The molecular weight excluding hydrogens is 347 g/mol. The van der Waals surface area contributed by atoms with Gasteiger partial charge in [0.25, 0.3) is 0 Å². The van der Waals surface area contributed by atoms with E-state index in [1.54, 1.807) is 6.07 Å². The second kappa shape index (κ2) is 7.00. The Hall–Kier alpha value is -2.53. The fourth-order valence-corrected chi connectivity index (χ4v) is 4.37. The molecule has 0 aliphatic carbocycles. The molecule has 2 heterocycles. The van der Waals surface area contributed by atoms with Gasteiger partial charge in [-0.15, -0.1) is 11.3 Å². The molecule has 4 aromatic rings. The molecule has 2 aromatic carbocycles. The Morgan fingerprint density at radius 1 is 1.12 bits per heavy atom. The van der Waals surface area contributed by atoms with E-state index in [0.29, 0.717) is 10.8 Å². The SMILES string of the molecule is CCCCCNc1nc2ccccc2c2c(=O)c3cc(F)ccc3sc12. The zero-order chi connectivity index (χ0) is 18.1. The third kappa shape index (κ3) is 2.92. The van der Waals surface area contributed by atoms with Crippen LogP contribution in [0.3, 0.4) is 0 Å². The summed E-state index contributed by atoms with van der Waals surface area (Å²) >= 11 is 1.49. The number of rotatable bonds is 5. The minimum Gasteiger partial charge on any atom is -0.369 e. The van der Waals surface area contributed by atoms with E-state index in [0.717, 1.165) is 51.9 Å². The van der Waals surface area contributed by atoms with Crippen molar-refractivity contribution in [3.63, 3.8) is 0 Å². The van der Waals surface area contributed by atoms with E-state index >= 15 is 0 Å². The normalized spacial score (nSPS) is 11.5. The standard InChI is InChI=1S/C21H19FN2OS/c1-2-3-6-11-23-21-20-18(14-7-4-5-8-16(14)24-21)19(25)15-12-13(22)9-10-17(15)26-20/h4-5,7-10,12H,2-3,6,11H2,1H3,(H,23,24). The Bertz CT molecular complexity index is 1170. The predicted molar refractivity (Wildman–Crippen MR) is 109 cm³/mol. The van der Waals surface area contributed by atoms with Gasteiger partial charge in [-0.1, -0.05) is 38.0 Å². The zero-order valence-corrected chi connectivity index (χ0v) is 15.3. The molecule has 0 fully saturated rings. The molecule has 0 radical (unpaired) electrons. The maximum absolute atomic E-state index is 13.7. The minimum atomic E-state index is -0.391. The molecule has 5 heteroatoms. The van der Waals surface area contributed by atoms with Gasteiger partial charge in [0.2, 0.25) is 0 Å². The molecule has 0 bridgehead atoms. The number of fused-ring (bicyclic) bond motifs is 4. The number of hydrogen-bond donors (Lipinski definition) is 1. The van der Waals surface area contributed by atoms with Crippen molar-refractivity contribution in [1.29, 1.82) is 0 Å². The van der Waals surface area contributed by atoms with Crippen molar-refractivity contribution in [2.24, 2.45) is 0 Å². The first-order valence-corrected chi connectivity index (χ1v) is 9.69. The number of hydrogen-bond acceptors (Lipinski definition) is 4. The molecule has 0 atom stereocenters. The lowest BCUT2D eigenvalue weighted by Gasteiger charge is -2.11. The summed E-state index contributed by atoms with van der Waals surface area (Å²) in [5.74, 6) is 0.348. The average molecular weight is 366 g/mol. The number of unbranched alkanes of at least 4 members (excludes halogenated alkanes) is 2. The molecule has 0 aliphatic rings. The summed E-state index contributed by atoms with van der Waals surface area (Å²) in [7, 11) is 0. The summed E-state index contributed by atoms with van der Waals surface area (Å²) in [6, 6.07) is 12.0. The van der Waals surface area contributed by atoms with Crippen LogP contribution in [0.2, 0.25) is 0 Å². The van der Waals surface area contributed by atoms with Crippen LogP contribution in [0.15, 0.2) is 47.3 Å². The van der Waals surface area contributed by atoms with Crippen molar-refractivity contribution >= 4 is 48.2 Å². The van der Waals surface area contributed by atoms with Crippen molar-refractivity contribution in [1.82, 2.24) is 4.98 Å². The quantitative estimate of drug-likeness (QED) is 0.280. The van der Waals surface area contributed by atoms with Crippen molar-refractivity contribution in [2.75, 3.05) is 11.9 Å². The summed E-state index contributed by atoms with van der Waals surface area (Å²) in [5.41, 5.74) is 0.640. The third-order valence-electron chi connectivity index (χ3n) is 4.55. The maximum Gasteiger partial charge on any atom is 0.196 e. The van der Waals surface area contributed by atoms with Gasteiger partial charge in [0.1, 0.15) is 11.6 Å². The highest BCUT2D eigenvalue weighted by atomic mass is 32.1. The number of aromatic nitrogens is 1. The first-order valence-electron chi connectivity index (χ1n) is 8.87. The average Bonchev–Trinajstić information content (AvgIpc) is 2.66. The lowest BCUT2D eigenvalue weighted by atomic mass is 10.1. The van der Waals surface area contributed by atoms with Gasteiger partial charge in [-0.2, -0.15) is 0 Å². The Kier molecular flexibility index (Phi) is 4.55. The summed E-state index contributed by atoms with van der Waals surface area (Å²) < 4.78 is 15.3. The van der Waals surface area contributed by atoms with E-state index < -0.39 is 5.82 Å². The van der Waals surface area contributed by atoms with Gasteiger partial charge in [-0.05, 0) is 30.7 Å². The largest absolute Gasteiger partial charge is 0.369 e. The summed E-state index contributed by atoms with van der Waals surface area (Å²) in [5, 5.41) is 5.27. The number of anilines is 1. The van der Waals surface area contributed by atoms with Crippen LogP contribution < -0.4 is 10.7 Å². The van der Waals surface area contributed by atoms with E-state index in [4.69, 9.17) is 4.98 Å². The molecule has 0 spiro atoms. The predicted octanol–water partition coefficient (Wildman–Crippen LogP) is 5.70. The van der Waals surface area contributed by atoms with Crippen LogP contribution >= 0.6 is 11.3 Å². The molecule has 3 nitrogen and oxygen atoms in total. The van der Waals surface area contributed by atoms with Crippen molar-refractivity contribution in [2.45, 2.75) is 26.2 Å². The highest BCUT2D eigenvalue weighted by Crippen LogP contribution is 2.34. The number of pyridine rings is 1. The molecule has 4 rings (SSSR count). The monoisotopic (exact) mass is 366 g/mol. The Morgan fingerprint density at radius 3 is 2.81 bits per heavy atom. The Balaban J connectivity index is 2.02. The van der Waals surface area contributed by atoms with Gasteiger partial charge < -0.3 is 5.32 Å². The maximum atomic E-state index is 13.7. The van der Waals surface area contributed by atoms with Crippen molar-refractivity contribution in [3.05, 3.63) is 58.5 Å². The molecule has 0 unspecified atom stereocenters. The van der Waals surface area contributed by atoms with Crippen LogP contribution in [-0.2, 0) is 0 Å². The molecule has 26 heavy (non-hydrogen) atoms. The van der Waals surface area contributed by atoms with E-state index in [9.17, 15) is 9.18 Å². The van der Waals surface area contributed by atoms with E-state index in [1.165, 1.54) is 23.5 Å².